The molecule has 4 fully saturated rings. The van der Waals surface area contributed by atoms with Crippen molar-refractivity contribution in [3.8, 4) is 5.75 Å². The molecule has 3 atom stereocenters. The number of fused-ring (bicyclic) bond motifs is 4. The monoisotopic (exact) mass is 505 g/mol. The molecule has 37 heavy (non-hydrogen) atoms. The van der Waals surface area contributed by atoms with Crippen molar-refractivity contribution in [3.05, 3.63) is 47.4 Å². The van der Waals surface area contributed by atoms with E-state index in [1.807, 2.05) is 49.1 Å². The van der Waals surface area contributed by atoms with Gasteiger partial charge in [-0.15, -0.1) is 5.10 Å². The highest BCUT2D eigenvalue weighted by Crippen LogP contribution is 2.60. The molecule has 10 heteroatoms. The van der Waals surface area contributed by atoms with Crippen molar-refractivity contribution < 1.29 is 24.1 Å². The molecule has 3 saturated heterocycles. The van der Waals surface area contributed by atoms with Crippen molar-refractivity contribution >= 4 is 16.8 Å². The van der Waals surface area contributed by atoms with E-state index >= 15 is 0 Å². The van der Waals surface area contributed by atoms with Crippen LogP contribution in [-0.4, -0.2) is 73.4 Å². The molecule has 1 aromatic carbocycles. The maximum atomic E-state index is 13.3. The summed E-state index contributed by atoms with van der Waals surface area (Å²) in [5.41, 5.74) is 3.15. The van der Waals surface area contributed by atoms with Gasteiger partial charge >= 0.3 is 0 Å². The maximum Gasteiger partial charge on any atom is 0.254 e. The van der Waals surface area contributed by atoms with E-state index in [4.69, 9.17) is 14.2 Å². The first-order valence-electron chi connectivity index (χ1n) is 13.1. The Kier molecular flexibility index (Phi) is 5.12. The third-order valence-electron chi connectivity index (χ3n) is 8.44. The van der Waals surface area contributed by atoms with Crippen LogP contribution in [0, 0.1) is 0 Å². The van der Waals surface area contributed by atoms with Crippen LogP contribution in [0.1, 0.15) is 56.0 Å². The van der Waals surface area contributed by atoms with E-state index in [0.29, 0.717) is 51.3 Å². The van der Waals surface area contributed by atoms with E-state index in [1.165, 1.54) is 5.56 Å². The average Bonchev–Trinajstić information content (AvgIpc) is 3.65. The summed E-state index contributed by atoms with van der Waals surface area (Å²) in [6, 6.07) is 5.97. The lowest BCUT2D eigenvalue weighted by Gasteiger charge is -2.43. The number of aliphatic hydroxyl groups excluding tert-OH is 1. The van der Waals surface area contributed by atoms with E-state index in [1.54, 1.807) is 4.90 Å². The SMILES string of the molecule is C[C@@H](Oc1ccc2ncc3c(c2c1)CCOC3)c1cn(C23CC(C)(C2)OC3C(=O)N2CC[C@@H](O)C2)nn1. The standard InChI is InChI=1S/C27H31N5O5/c1-16(36-19-3-4-22-21(9-19)20-6-8-35-13-17(20)10-28-22)23-12-32(30-29-23)27-14-26(2,15-27)37-24(27)25(34)31-7-5-18(33)11-31/h3-4,9-10,12,16,18,24,33H,5-8,11,13-15H2,1-2H3/t16-,18-,24?,26?,27?/m1/s1. The van der Waals surface area contributed by atoms with Gasteiger partial charge in [0, 0.05) is 37.5 Å². The van der Waals surface area contributed by atoms with Crippen LogP contribution < -0.4 is 4.74 Å². The van der Waals surface area contributed by atoms with E-state index < -0.39 is 17.7 Å². The fourth-order valence-electron chi connectivity index (χ4n) is 6.64. The summed E-state index contributed by atoms with van der Waals surface area (Å²) < 4.78 is 19.9. The minimum atomic E-state index is -0.628. The lowest BCUT2D eigenvalue weighted by atomic mass is 9.67. The van der Waals surface area contributed by atoms with Gasteiger partial charge in [0.05, 0.1) is 36.6 Å². The molecular formula is C27H31N5O5. The Balaban J connectivity index is 1.12. The van der Waals surface area contributed by atoms with Crippen LogP contribution in [0.15, 0.2) is 30.6 Å². The second-order valence-corrected chi connectivity index (χ2v) is 11.2. The predicted octanol–water partition coefficient (Wildman–Crippen LogP) is 2.28. The van der Waals surface area contributed by atoms with Gasteiger partial charge in [-0.1, -0.05) is 5.21 Å². The topological polar surface area (TPSA) is 112 Å². The summed E-state index contributed by atoms with van der Waals surface area (Å²) >= 11 is 0. The third-order valence-corrected chi connectivity index (χ3v) is 8.44. The van der Waals surface area contributed by atoms with Crippen molar-refractivity contribution in [2.24, 2.45) is 0 Å². The molecule has 8 rings (SSSR count). The number of rotatable bonds is 5. The van der Waals surface area contributed by atoms with Crippen molar-refractivity contribution in [1.82, 2.24) is 24.9 Å². The lowest BCUT2D eigenvalue weighted by Crippen LogP contribution is -2.55. The zero-order valence-electron chi connectivity index (χ0n) is 21.1. The largest absolute Gasteiger partial charge is 0.484 e. The van der Waals surface area contributed by atoms with Crippen LogP contribution in [0.4, 0.5) is 0 Å². The minimum absolute atomic E-state index is 0.0716. The molecule has 1 unspecified atom stereocenters. The summed E-state index contributed by atoms with van der Waals surface area (Å²) in [4.78, 5) is 19.6. The van der Waals surface area contributed by atoms with E-state index in [9.17, 15) is 9.90 Å². The highest BCUT2D eigenvalue weighted by molar-refractivity contribution is 5.85. The number of amides is 1. The molecule has 1 amide bonds. The lowest BCUT2D eigenvalue weighted by molar-refractivity contribution is -0.143. The molecule has 5 aliphatic rings. The van der Waals surface area contributed by atoms with Crippen molar-refractivity contribution in [2.75, 3.05) is 19.7 Å². The predicted molar refractivity (Wildman–Crippen MR) is 132 cm³/mol. The fourth-order valence-corrected chi connectivity index (χ4v) is 6.64. The number of ether oxygens (including phenoxy) is 3. The molecule has 3 aromatic rings. The Morgan fingerprint density at radius 1 is 1.32 bits per heavy atom. The van der Waals surface area contributed by atoms with E-state index in [2.05, 4.69) is 15.3 Å². The van der Waals surface area contributed by atoms with Gasteiger partial charge in [-0.25, -0.2) is 4.68 Å². The van der Waals surface area contributed by atoms with Gasteiger partial charge in [-0.2, -0.15) is 0 Å². The number of β-amino-alcohol motifs (C(OH)–C–C–N with tert-alkyl or cyclic N) is 1. The van der Waals surface area contributed by atoms with Crippen molar-refractivity contribution in [3.63, 3.8) is 0 Å². The summed E-state index contributed by atoms with van der Waals surface area (Å²) in [5, 5.41) is 19.9. The summed E-state index contributed by atoms with van der Waals surface area (Å²) in [6.07, 6.45) is 5.24. The zero-order chi connectivity index (χ0) is 25.4. The van der Waals surface area contributed by atoms with Crippen LogP contribution >= 0.6 is 0 Å². The number of carbonyl (C=O) groups is 1. The Hall–Kier alpha value is -3.08. The number of hydrogen-bond acceptors (Lipinski definition) is 8. The molecule has 10 nitrogen and oxygen atoms in total. The normalized spacial score (nSPS) is 31.3. The summed E-state index contributed by atoms with van der Waals surface area (Å²) in [6.45, 7) is 6.21. The molecule has 4 aliphatic heterocycles. The van der Waals surface area contributed by atoms with Gasteiger partial charge in [-0.3, -0.25) is 9.78 Å². The van der Waals surface area contributed by atoms with Crippen molar-refractivity contribution in [1.29, 1.82) is 0 Å². The highest BCUT2D eigenvalue weighted by atomic mass is 16.5. The Morgan fingerprint density at radius 2 is 2.19 bits per heavy atom. The average molecular weight is 506 g/mol. The van der Waals surface area contributed by atoms with Gasteiger partial charge in [0.25, 0.3) is 5.91 Å². The second-order valence-electron chi connectivity index (χ2n) is 11.2. The summed E-state index contributed by atoms with van der Waals surface area (Å²) in [5.74, 6) is 0.674. The number of aromatic nitrogens is 4. The van der Waals surface area contributed by atoms with Gasteiger partial charge in [-0.05, 0) is 56.0 Å². The number of likely N-dealkylation sites (tertiary alicyclic amines) is 1. The van der Waals surface area contributed by atoms with Gasteiger partial charge in [0.1, 0.15) is 23.1 Å². The van der Waals surface area contributed by atoms with Gasteiger partial charge in [0.2, 0.25) is 0 Å². The number of pyridine rings is 1. The molecular weight excluding hydrogens is 474 g/mol. The Morgan fingerprint density at radius 3 is 3.00 bits per heavy atom. The molecule has 194 valence electrons. The number of benzene rings is 1. The molecule has 2 bridgehead atoms. The van der Waals surface area contributed by atoms with Crippen LogP contribution in [0.2, 0.25) is 0 Å². The quantitative estimate of drug-likeness (QED) is 0.562. The molecule has 1 N–H and O–H groups in total. The van der Waals surface area contributed by atoms with Crippen LogP contribution in [0.5, 0.6) is 5.75 Å². The van der Waals surface area contributed by atoms with E-state index in [0.717, 1.165) is 28.6 Å². The third kappa shape index (κ3) is 3.65. The molecule has 0 radical (unpaired) electrons. The Bertz CT molecular complexity index is 1380. The van der Waals surface area contributed by atoms with Crippen LogP contribution in [0.25, 0.3) is 10.9 Å². The number of hydrogen-bond donors (Lipinski definition) is 1. The molecule has 1 aliphatic carbocycles. The number of carbonyl (C=O) groups excluding carboxylic acids is 1. The first-order valence-corrected chi connectivity index (χ1v) is 13.1. The first-order chi connectivity index (χ1) is 17.8. The Labute approximate surface area is 214 Å². The molecule has 2 aromatic heterocycles. The summed E-state index contributed by atoms with van der Waals surface area (Å²) in [7, 11) is 0. The fraction of sp³-hybridized carbons (Fsp3) is 0.556. The van der Waals surface area contributed by atoms with Gasteiger partial charge < -0.3 is 24.2 Å². The highest BCUT2D eigenvalue weighted by Gasteiger charge is 2.70. The zero-order valence-corrected chi connectivity index (χ0v) is 21.1. The van der Waals surface area contributed by atoms with E-state index in [-0.39, 0.29) is 17.6 Å². The second kappa shape index (κ2) is 8.21. The first kappa shape index (κ1) is 23.1. The minimum Gasteiger partial charge on any atom is -0.484 e. The number of aliphatic hydroxyl groups is 1. The smallest absolute Gasteiger partial charge is 0.254 e. The number of nitrogens with zero attached hydrogens (tertiary/aromatic N) is 5. The van der Waals surface area contributed by atoms with Crippen LogP contribution in [-0.2, 0) is 32.8 Å². The molecule has 0 spiro atoms. The maximum absolute atomic E-state index is 13.3. The van der Waals surface area contributed by atoms with Gasteiger partial charge in [0.15, 0.2) is 6.10 Å². The molecule has 6 heterocycles. The molecule has 1 saturated carbocycles. The van der Waals surface area contributed by atoms with Crippen LogP contribution in [0.3, 0.4) is 0 Å². The van der Waals surface area contributed by atoms with Crippen molar-refractivity contribution in [2.45, 2.75) is 75.6 Å².